The zero-order valence-corrected chi connectivity index (χ0v) is 13.7. The molecule has 2 rings (SSSR count). The molecule has 0 spiro atoms. The van der Waals surface area contributed by atoms with Gasteiger partial charge >= 0.3 is 0 Å². The van der Waals surface area contributed by atoms with Crippen molar-refractivity contribution in [2.45, 2.75) is 26.4 Å². The number of carbonyl (C=O) groups is 2. The van der Waals surface area contributed by atoms with Crippen LogP contribution < -0.4 is 10.5 Å². The van der Waals surface area contributed by atoms with E-state index in [1.54, 1.807) is 29.2 Å². The number of hydrogen-bond acceptors (Lipinski definition) is 4. The first kappa shape index (κ1) is 17.3. The lowest BCUT2D eigenvalue weighted by molar-refractivity contribution is -0.119. The molecule has 23 heavy (non-hydrogen) atoms. The molecule has 126 valence electrons. The summed E-state index contributed by atoms with van der Waals surface area (Å²) in [6, 6.07) is 6.89. The highest BCUT2D eigenvalue weighted by Gasteiger charge is 2.29. The first-order chi connectivity index (χ1) is 11.0. The predicted molar refractivity (Wildman–Crippen MR) is 86.2 cm³/mol. The molecule has 1 aliphatic heterocycles. The molecule has 1 heterocycles. The van der Waals surface area contributed by atoms with E-state index in [0.717, 1.165) is 6.42 Å². The third-order valence-corrected chi connectivity index (χ3v) is 3.58. The van der Waals surface area contributed by atoms with E-state index in [2.05, 4.69) is 13.8 Å². The predicted octanol–water partition coefficient (Wildman–Crippen LogP) is 1.44. The van der Waals surface area contributed by atoms with Gasteiger partial charge in [-0.25, -0.2) is 0 Å². The highest BCUT2D eigenvalue weighted by atomic mass is 16.5. The Labute approximate surface area is 136 Å². The van der Waals surface area contributed by atoms with Gasteiger partial charge < -0.3 is 20.1 Å². The second-order valence-corrected chi connectivity index (χ2v) is 6.14. The quantitative estimate of drug-likeness (QED) is 0.824. The Hall–Kier alpha value is -2.08. The van der Waals surface area contributed by atoms with E-state index >= 15 is 0 Å². The number of nitrogens with zero attached hydrogens (tertiary/aromatic N) is 1. The summed E-state index contributed by atoms with van der Waals surface area (Å²) in [7, 11) is 0. The third kappa shape index (κ3) is 4.96. The Bertz CT molecular complexity index is 559. The molecule has 2 N–H and O–H groups in total. The van der Waals surface area contributed by atoms with Gasteiger partial charge in [0.2, 0.25) is 0 Å². The maximum atomic E-state index is 12.7. The summed E-state index contributed by atoms with van der Waals surface area (Å²) >= 11 is 0. The maximum absolute atomic E-state index is 12.7. The van der Waals surface area contributed by atoms with Crippen molar-refractivity contribution in [2.75, 3.05) is 26.3 Å². The van der Waals surface area contributed by atoms with Crippen molar-refractivity contribution < 1.29 is 19.1 Å². The number of rotatable bonds is 7. The van der Waals surface area contributed by atoms with E-state index in [-0.39, 0.29) is 18.6 Å². The van der Waals surface area contributed by atoms with Crippen LogP contribution in [0.2, 0.25) is 0 Å². The van der Waals surface area contributed by atoms with Gasteiger partial charge in [0.25, 0.3) is 11.8 Å². The van der Waals surface area contributed by atoms with Crippen LogP contribution in [0.15, 0.2) is 24.3 Å². The fraction of sp³-hybridized carbons (Fsp3) is 0.529. The van der Waals surface area contributed by atoms with Gasteiger partial charge in [0.1, 0.15) is 5.75 Å². The van der Waals surface area contributed by atoms with Gasteiger partial charge in [-0.1, -0.05) is 26.0 Å². The van der Waals surface area contributed by atoms with Crippen molar-refractivity contribution in [1.29, 1.82) is 0 Å². The van der Waals surface area contributed by atoms with Crippen LogP contribution in [0.25, 0.3) is 0 Å². The minimum atomic E-state index is -0.574. The number of para-hydroxylation sites is 1. The Morgan fingerprint density at radius 2 is 2.09 bits per heavy atom. The van der Waals surface area contributed by atoms with Crippen LogP contribution in [0.4, 0.5) is 0 Å². The molecule has 0 radical (unpaired) electrons. The van der Waals surface area contributed by atoms with Crippen LogP contribution in [-0.4, -0.2) is 49.1 Å². The largest absolute Gasteiger partial charge is 0.483 e. The fourth-order valence-electron chi connectivity index (χ4n) is 2.47. The van der Waals surface area contributed by atoms with Gasteiger partial charge in [-0.15, -0.1) is 0 Å². The first-order valence-electron chi connectivity index (χ1n) is 7.88. The smallest absolute Gasteiger partial charge is 0.257 e. The second kappa shape index (κ2) is 7.97. The average Bonchev–Trinajstić information content (AvgIpc) is 2.99. The summed E-state index contributed by atoms with van der Waals surface area (Å²) in [6.45, 7) is 5.89. The molecule has 6 nitrogen and oxygen atoms in total. The minimum absolute atomic E-state index is 0.0834. The van der Waals surface area contributed by atoms with Crippen LogP contribution in [0, 0.1) is 5.92 Å². The molecule has 0 aromatic heterocycles. The number of primary amides is 1. The van der Waals surface area contributed by atoms with Gasteiger partial charge in [-0.2, -0.15) is 0 Å². The fourth-order valence-corrected chi connectivity index (χ4v) is 2.47. The Morgan fingerprint density at radius 3 is 2.78 bits per heavy atom. The molecular formula is C17H24N2O4. The molecule has 1 aromatic rings. The number of nitrogens with two attached hydrogens (primary N) is 1. The molecule has 0 saturated carbocycles. The second-order valence-electron chi connectivity index (χ2n) is 6.14. The van der Waals surface area contributed by atoms with Gasteiger partial charge in [-0.05, 0) is 24.5 Å². The normalized spacial score (nSPS) is 17.5. The average molecular weight is 320 g/mol. The van der Waals surface area contributed by atoms with E-state index < -0.39 is 5.91 Å². The van der Waals surface area contributed by atoms with E-state index in [1.165, 1.54) is 0 Å². The van der Waals surface area contributed by atoms with Crippen molar-refractivity contribution >= 4 is 11.8 Å². The topological polar surface area (TPSA) is 81.9 Å². The summed E-state index contributed by atoms with van der Waals surface area (Å²) in [6.07, 6.45) is 0.919. The van der Waals surface area contributed by atoms with E-state index in [4.69, 9.17) is 15.2 Å². The van der Waals surface area contributed by atoms with E-state index in [1.807, 2.05) is 0 Å². The molecule has 1 fully saturated rings. The van der Waals surface area contributed by atoms with Gasteiger partial charge in [0.05, 0.1) is 11.7 Å². The van der Waals surface area contributed by atoms with Crippen LogP contribution >= 0.6 is 0 Å². The lowest BCUT2D eigenvalue weighted by atomic mass is 10.2. The maximum Gasteiger partial charge on any atom is 0.257 e. The molecule has 1 saturated heterocycles. The van der Waals surface area contributed by atoms with Crippen molar-refractivity contribution in [3.05, 3.63) is 29.8 Å². The molecule has 2 amide bonds. The molecule has 1 unspecified atom stereocenters. The molecule has 6 heteroatoms. The van der Waals surface area contributed by atoms with Gasteiger partial charge in [-0.3, -0.25) is 9.59 Å². The Kier molecular flexibility index (Phi) is 5.98. The number of hydrogen-bond donors (Lipinski definition) is 1. The number of likely N-dealkylation sites (tertiary alicyclic amines) is 1. The number of carbonyl (C=O) groups excluding carboxylic acids is 2. The van der Waals surface area contributed by atoms with Crippen LogP contribution in [0.3, 0.4) is 0 Å². The minimum Gasteiger partial charge on any atom is -0.483 e. The van der Waals surface area contributed by atoms with E-state index in [9.17, 15) is 9.59 Å². The number of ether oxygens (including phenoxy) is 2. The Balaban J connectivity index is 1.99. The van der Waals surface area contributed by atoms with Crippen molar-refractivity contribution in [2.24, 2.45) is 11.7 Å². The van der Waals surface area contributed by atoms with Gasteiger partial charge in [0.15, 0.2) is 6.61 Å². The third-order valence-electron chi connectivity index (χ3n) is 3.58. The lowest BCUT2D eigenvalue weighted by Gasteiger charge is -2.19. The summed E-state index contributed by atoms with van der Waals surface area (Å²) in [5, 5.41) is 0. The molecular weight excluding hydrogens is 296 g/mol. The van der Waals surface area contributed by atoms with E-state index in [0.29, 0.717) is 36.9 Å². The number of amides is 2. The molecule has 1 atom stereocenters. The lowest BCUT2D eigenvalue weighted by Crippen LogP contribution is -2.31. The molecule has 1 aromatic carbocycles. The zero-order valence-electron chi connectivity index (χ0n) is 13.7. The molecule has 0 bridgehead atoms. The zero-order chi connectivity index (χ0) is 16.8. The first-order valence-corrected chi connectivity index (χ1v) is 7.88. The van der Waals surface area contributed by atoms with Crippen molar-refractivity contribution in [3.63, 3.8) is 0 Å². The monoisotopic (exact) mass is 320 g/mol. The standard InChI is InChI=1S/C17H24N2O4/c1-12(2)10-22-13-7-8-19(9-13)17(21)14-5-3-4-6-15(14)23-11-16(18)20/h3-6,12-13H,7-11H2,1-2H3,(H2,18,20). The summed E-state index contributed by atoms with van der Waals surface area (Å²) < 4.78 is 11.1. The molecule has 1 aliphatic rings. The SMILES string of the molecule is CC(C)COC1CCN(C(=O)c2ccccc2OCC(N)=O)C1. The van der Waals surface area contributed by atoms with Crippen molar-refractivity contribution in [3.8, 4) is 5.75 Å². The summed E-state index contributed by atoms with van der Waals surface area (Å²) in [4.78, 5) is 25.3. The molecule has 0 aliphatic carbocycles. The van der Waals surface area contributed by atoms with Crippen molar-refractivity contribution in [1.82, 2.24) is 4.90 Å². The highest BCUT2D eigenvalue weighted by Crippen LogP contribution is 2.23. The van der Waals surface area contributed by atoms with Crippen LogP contribution in [0.1, 0.15) is 30.6 Å². The van der Waals surface area contributed by atoms with Crippen LogP contribution in [0.5, 0.6) is 5.75 Å². The highest BCUT2D eigenvalue weighted by molar-refractivity contribution is 5.97. The Morgan fingerprint density at radius 1 is 1.35 bits per heavy atom. The van der Waals surface area contributed by atoms with Gasteiger partial charge in [0, 0.05) is 19.7 Å². The summed E-state index contributed by atoms with van der Waals surface area (Å²) in [5.74, 6) is 0.168. The number of benzene rings is 1. The summed E-state index contributed by atoms with van der Waals surface area (Å²) in [5.41, 5.74) is 5.53. The van der Waals surface area contributed by atoms with Crippen LogP contribution in [-0.2, 0) is 9.53 Å².